The van der Waals surface area contributed by atoms with Crippen molar-refractivity contribution in [1.82, 2.24) is 0 Å². The number of ether oxygens (including phenoxy) is 1. The van der Waals surface area contributed by atoms with Gasteiger partial charge in [-0.1, -0.05) is 18.2 Å². The van der Waals surface area contributed by atoms with Crippen LogP contribution < -0.4 is 4.74 Å². The molecule has 0 saturated heterocycles. The van der Waals surface area contributed by atoms with E-state index in [9.17, 15) is 9.18 Å². The van der Waals surface area contributed by atoms with Crippen LogP contribution in [0.5, 0.6) is 5.75 Å². The maximum Gasteiger partial charge on any atom is 0.335 e. The molecular formula is C15H10FNO3. The number of rotatable bonds is 4. The number of nitrogens with zero attached hydrogens (tertiary/aromatic N) is 1. The van der Waals surface area contributed by atoms with E-state index in [1.807, 2.05) is 0 Å². The van der Waals surface area contributed by atoms with E-state index in [1.165, 1.54) is 30.3 Å². The minimum atomic E-state index is -1.01. The lowest BCUT2D eigenvalue weighted by molar-refractivity contribution is 0.0697. The third kappa shape index (κ3) is 2.93. The van der Waals surface area contributed by atoms with Gasteiger partial charge in [0, 0.05) is 0 Å². The van der Waals surface area contributed by atoms with Gasteiger partial charge >= 0.3 is 5.97 Å². The summed E-state index contributed by atoms with van der Waals surface area (Å²) in [4.78, 5) is 10.7. The molecular weight excluding hydrogens is 261 g/mol. The van der Waals surface area contributed by atoms with Crippen LogP contribution in [0.4, 0.5) is 4.39 Å². The summed E-state index contributed by atoms with van der Waals surface area (Å²) in [5.41, 5.74) is 0.759. The number of carboxylic acids is 1. The van der Waals surface area contributed by atoms with Gasteiger partial charge in [0.05, 0.1) is 5.56 Å². The van der Waals surface area contributed by atoms with E-state index >= 15 is 0 Å². The fraction of sp³-hybridized carbons (Fsp3) is 0.0667. The Bertz CT molecular complexity index is 675. The van der Waals surface area contributed by atoms with Crippen molar-refractivity contribution in [2.24, 2.45) is 0 Å². The lowest BCUT2D eigenvalue weighted by atomic mass is 10.1. The minimum absolute atomic E-state index is 0.123. The van der Waals surface area contributed by atoms with E-state index in [-0.39, 0.29) is 23.5 Å². The number of benzene rings is 2. The first-order valence-corrected chi connectivity index (χ1v) is 5.75. The summed E-state index contributed by atoms with van der Waals surface area (Å²) in [6.45, 7) is 0.123. The highest BCUT2D eigenvalue weighted by Gasteiger charge is 2.09. The first-order valence-electron chi connectivity index (χ1n) is 5.75. The zero-order valence-electron chi connectivity index (χ0n) is 10.3. The molecule has 0 aromatic heterocycles. The second kappa shape index (κ2) is 5.85. The van der Waals surface area contributed by atoms with Gasteiger partial charge in [0.2, 0.25) is 0 Å². The Hall–Kier alpha value is -2.87. The summed E-state index contributed by atoms with van der Waals surface area (Å²) >= 11 is 0. The Kier molecular flexibility index (Phi) is 3.96. The molecule has 100 valence electrons. The van der Waals surface area contributed by atoms with Crippen LogP contribution in [0.1, 0.15) is 21.5 Å². The summed E-state index contributed by atoms with van der Waals surface area (Å²) in [7, 11) is 0. The first kappa shape index (κ1) is 13.6. The Morgan fingerprint density at radius 2 is 1.95 bits per heavy atom. The van der Waals surface area contributed by atoms with Crippen LogP contribution in [0.2, 0.25) is 0 Å². The molecule has 20 heavy (non-hydrogen) atoms. The largest absolute Gasteiger partial charge is 0.487 e. The van der Waals surface area contributed by atoms with Crippen LogP contribution in [0, 0.1) is 17.1 Å². The van der Waals surface area contributed by atoms with E-state index in [1.54, 1.807) is 18.2 Å². The Morgan fingerprint density at radius 1 is 1.25 bits per heavy atom. The zero-order valence-corrected chi connectivity index (χ0v) is 10.3. The molecule has 0 radical (unpaired) electrons. The van der Waals surface area contributed by atoms with Gasteiger partial charge in [0.15, 0.2) is 0 Å². The van der Waals surface area contributed by atoms with Crippen molar-refractivity contribution in [3.63, 3.8) is 0 Å². The molecule has 2 aromatic carbocycles. The standard InChI is InChI=1S/C15H10FNO3/c16-13-2-1-3-14(12(13)8-17)20-9-10-4-6-11(7-5-10)15(18)19/h1-7H,9H2,(H,18,19). The van der Waals surface area contributed by atoms with Crippen molar-refractivity contribution in [2.75, 3.05) is 0 Å². The van der Waals surface area contributed by atoms with Crippen LogP contribution in [0.25, 0.3) is 0 Å². The normalized spacial score (nSPS) is 9.80. The number of carbonyl (C=O) groups is 1. The lowest BCUT2D eigenvalue weighted by Gasteiger charge is -2.08. The van der Waals surface area contributed by atoms with Crippen LogP contribution >= 0.6 is 0 Å². The Morgan fingerprint density at radius 3 is 2.55 bits per heavy atom. The second-order valence-electron chi connectivity index (χ2n) is 4.02. The predicted molar refractivity (Wildman–Crippen MR) is 68.8 cm³/mol. The minimum Gasteiger partial charge on any atom is -0.487 e. The Labute approximate surface area is 114 Å². The summed E-state index contributed by atoms with van der Waals surface area (Å²) < 4.78 is 18.7. The maximum absolute atomic E-state index is 13.4. The van der Waals surface area contributed by atoms with Crippen molar-refractivity contribution < 1.29 is 19.0 Å². The monoisotopic (exact) mass is 271 g/mol. The SMILES string of the molecule is N#Cc1c(F)cccc1OCc1ccc(C(=O)O)cc1. The second-order valence-corrected chi connectivity index (χ2v) is 4.02. The van der Waals surface area contributed by atoms with Gasteiger partial charge in [-0.05, 0) is 29.8 Å². The third-order valence-corrected chi connectivity index (χ3v) is 2.68. The Balaban J connectivity index is 2.11. The van der Waals surface area contributed by atoms with E-state index in [0.29, 0.717) is 0 Å². The molecule has 2 aromatic rings. The summed E-state index contributed by atoms with van der Waals surface area (Å²) in [5.74, 6) is -1.48. The van der Waals surface area contributed by atoms with E-state index in [0.717, 1.165) is 5.56 Å². The van der Waals surface area contributed by atoms with E-state index in [4.69, 9.17) is 15.1 Å². The molecule has 0 unspecified atom stereocenters. The number of hydrogen-bond donors (Lipinski definition) is 1. The van der Waals surface area contributed by atoms with Crippen LogP contribution in [0.15, 0.2) is 42.5 Å². The molecule has 0 amide bonds. The van der Waals surface area contributed by atoms with Crippen LogP contribution in [-0.2, 0) is 6.61 Å². The van der Waals surface area contributed by atoms with Crippen molar-refractivity contribution in [3.05, 3.63) is 65.0 Å². The van der Waals surface area contributed by atoms with Gasteiger partial charge < -0.3 is 9.84 Å². The molecule has 0 heterocycles. The quantitative estimate of drug-likeness (QED) is 0.928. The van der Waals surface area contributed by atoms with Crippen LogP contribution in [0.3, 0.4) is 0 Å². The van der Waals surface area contributed by atoms with Gasteiger partial charge in [-0.15, -0.1) is 0 Å². The van der Waals surface area contributed by atoms with Crippen LogP contribution in [-0.4, -0.2) is 11.1 Å². The zero-order chi connectivity index (χ0) is 14.5. The molecule has 1 N–H and O–H groups in total. The van der Waals surface area contributed by atoms with E-state index in [2.05, 4.69) is 0 Å². The van der Waals surface area contributed by atoms with Gasteiger partial charge in [0.25, 0.3) is 0 Å². The lowest BCUT2D eigenvalue weighted by Crippen LogP contribution is -2.00. The molecule has 0 spiro atoms. The predicted octanol–water partition coefficient (Wildman–Crippen LogP) is 2.97. The molecule has 0 aliphatic heterocycles. The molecule has 0 saturated carbocycles. The summed E-state index contributed by atoms with van der Waals surface area (Å²) in [6.07, 6.45) is 0. The summed E-state index contributed by atoms with van der Waals surface area (Å²) in [5, 5.41) is 17.6. The first-order chi connectivity index (χ1) is 9.61. The van der Waals surface area contributed by atoms with Gasteiger partial charge in [-0.3, -0.25) is 0 Å². The average molecular weight is 271 g/mol. The van der Waals surface area contributed by atoms with Gasteiger partial charge in [0.1, 0.15) is 29.8 Å². The molecule has 0 aliphatic rings. The number of hydrogen-bond acceptors (Lipinski definition) is 3. The highest BCUT2D eigenvalue weighted by Crippen LogP contribution is 2.21. The van der Waals surface area contributed by atoms with Gasteiger partial charge in [-0.2, -0.15) is 5.26 Å². The molecule has 2 rings (SSSR count). The molecule has 0 atom stereocenters. The highest BCUT2D eigenvalue weighted by molar-refractivity contribution is 5.87. The molecule has 0 aliphatic carbocycles. The number of halogens is 1. The molecule has 5 heteroatoms. The molecule has 0 bridgehead atoms. The topological polar surface area (TPSA) is 70.3 Å². The van der Waals surface area contributed by atoms with Crippen molar-refractivity contribution in [3.8, 4) is 11.8 Å². The third-order valence-electron chi connectivity index (χ3n) is 2.68. The smallest absolute Gasteiger partial charge is 0.335 e. The van der Waals surface area contributed by atoms with Crippen molar-refractivity contribution in [2.45, 2.75) is 6.61 Å². The van der Waals surface area contributed by atoms with Crippen molar-refractivity contribution in [1.29, 1.82) is 5.26 Å². The average Bonchev–Trinajstić information content (AvgIpc) is 2.45. The van der Waals surface area contributed by atoms with Gasteiger partial charge in [-0.25, -0.2) is 9.18 Å². The van der Waals surface area contributed by atoms with Crippen molar-refractivity contribution >= 4 is 5.97 Å². The maximum atomic E-state index is 13.4. The molecule has 4 nitrogen and oxygen atoms in total. The highest BCUT2D eigenvalue weighted by atomic mass is 19.1. The molecule has 0 fully saturated rings. The fourth-order valence-electron chi connectivity index (χ4n) is 1.64. The van der Waals surface area contributed by atoms with E-state index < -0.39 is 11.8 Å². The number of aromatic carboxylic acids is 1. The number of nitriles is 1. The summed E-state index contributed by atoms with van der Waals surface area (Å²) in [6, 6.07) is 12.0. The number of carboxylic acid groups (broad SMARTS) is 1. The fourth-order valence-corrected chi connectivity index (χ4v) is 1.64.